The lowest BCUT2D eigenvalue weighted by molar-refractivity contribution is -0.908. The van der Waals surface area contributed by atoms with Crippen LogP contribution in [0.3, 0.4) is 0 Å². The Balaban J connectivity index is 2.03. The number of hydrogen-bond donors (Lipinski definition) is 1. The number of non-ortho nitro benzene ring substituents is 1. The molecule has 6 heteroatoms. The van der Waals surface area contributed by atoms with Crippen molar-refractivity contribution in [3.05, 3.63) is 34.4 Å². The molecule has 1 unspecified atom stereocenters. The van der Waals surface area contributed by atoms with Gasteiger partial charge in [0.15, 0.2) is 5.75 Å². The fourth-order valence-corrected chi connectivity index (χ4v) is 2.36. The van der Waals surface area contributed by atoms with Gasteiger partial charge in [-0.2, -0.15) is 0 Å². The first-order chi connectivity index (χ1) is 9.47. The maximum Gasteiger partial charge on any atom is 0.269 e. The van der Waals surface area contributed by atoms with Crippen LogP contribution in [0.2, 0.25) is 0 Å². The Bertz CT molecular complexity index is 513. The second-order valence-corrected chi connectivity index (χ2v) is 5.48. The van der Waals surface area contributed by atoms with Crippen molar-refractivity contribution in [1.82, 2.24) is 0 Å². The van der Waals surface area contributed by atoms with Gasteiger partial charge in [-0.25, -0.2) is 0 Å². The van der Waals surface area contributed by atoms with Crippen molar-refractivity contribution in [1.29, 1.82) is 0 Å². The van der Waals surface area contributed by atoms with Crippen molar-refractivity contribution < 1.29 is 14.7 Å². The number of benzene rings is 1. The number of nitrogens with zero attached hydrogens (tertiary/aromatic N) is 2. The Morgan fingerprint density at radius 1 is 1.35 bits per heavy atom. The molecule has 1 aliphatic rings. The van der Waals surface area contributed by atoms with Crippen LogP contribution in [-0.2, 0) is 0 Å². The van der Waals surface area contributed by atoms with E-state index in [-0.39, 0.29) is 5.69 Å². The van der Waals surface area contributed by atoms with Crippen LogP contribution < -0.4 is 9.74 Å². The van der Waals surface area contributed by atoms with Gasteiger partial charge in [-0.1, -0.05) is 12.1 Å². The normalized spacial score (nSPS) is 28.4. The molecule has 1 aliphatic heterocycles. The van der Waals surface area contributed by atoms with Gasteiger partial charge in [-0.05, 0) is 19.1 Å². The lowest BCUT2D eigenvalue weighted by Crippen LogP contribution is -3.14. The molecule has 0 aromatic heterocycles. The molecule has 0 bridgehead atoms. The molecule has 2 rings (SSSR count). The molecule has 6 nitrogen and oxygen atoms in total. The highest BCUT2D eigenvalue weighted by molar-refractivity contribution is 5.87. The van der Waals surface area contributed by atoms with Gasteiger partial charge < -0.3 is 9.74 Å². The summed E-state index contributed by atoms with van der Waals surface area (Å²) >= 11 is 0. The van der Waals surface area contributed by atoms with Crippen LogP contribution in [0.15, 0.2) is 29.4 Å². The van der Waals surface area contributed by atoms with E-state index in [9.17, 15) is 10.1 Å². The number of hydrogen-bond acceptors (Lipinski definition) is 4. The Morgan fingerprint density at radius 3 is 2.60 bits per heavy atom. The molecule has 1 N–H and O–H groups in total. The Hall–Kier alpha value is -1.95. The Labute approximate surface area is 118 Å². The summed E-state index contributed by atoms with van der Waals surface area (Å²) < 4.78 is 0. The molecule has 0 aliphatic carbocycles. The number of likely N-dealkylation sites (tertiary alicyclic amines) is 1. The highest BCUT2D eigenvalue weighted by atomic mass is 16.6. The van der Waals surface area contributed by atoms with Crippen LogP contribution in [0.4, 0.5) is 5.69 Å². The van der Waals surface area contributed by atoms with E-state index in [1.165, 1.54) is 17.0 Å². The smallest absolute Gasteiger partial charge is 0.269 e. The molecule has 3 atom stereocenters. The molecule has 1 aromatic rings. The molecule has 1 heterocycles. The summed E-state index contributed by atoms with van der Waals surface area (Å²) in [6.07, 6.45) is 0.917. The van der Waals surface area contributed by atoms with Crippen LogP contribution in [0.5, 0.6) is 5.75 Å². The summed E-state index contributed by atoms with van der Waals surface area (Å²) in [5, 5.41) is 14.8. The topological polar surface area (TPSA) is 69.2 Å². The number of rotatable bonds is 3. The van der Waals surface area contributed by atoms with Gasteiger partial charge in [0.2, 0.25) is 0 Å². The number of nitro benzene ring substituents is 1. The van der Waals surface area contributed by atoms with Gasteiger partial charge in [0, 0.05) is 24.5 Å². The molecular formula is C14H20N3O3+. The zero-order chi connectivity index (χ0) is 14.7. The molecule has 20 heavy (non-hydrogen) atoms. The quantitative estimate of drug-likeness (QED) is 0.668. The number of nitro groups is 1. The average Bonchev–Trinajstić information content (AvgIpc) is 2.42. The Kier molecular flexibility index (Phi) is 4.34. The molecular weight excluding hydrogens is 258 g/mol. The average molecular weight is 278 g/mol. The summed E-state index contributed by atoms with van der Waals surface area (Å²) in [6, 6.07) is 6.50. The molecule has 1 saturated heterocycles. The monoisotopic (exact) mass is 278 g/mol. The summed E-state index contributed by atoms with van der Waals surface area (Å²) in [5.74, 6) is 0.915. The molecule has 108 valence electrons. The first-order valence-electron chi connectivity index (χ1n) is 6.78. The maximum atomic E-state index is 10.6. The fourth-order valence-electron chi connectivity index (χ4n) is 2.36. The van der Waals surface area contributed by atoms with Crippen molar-refractivity contribution >= 4 is 11.4 Å². The minimum atomic E-state index is -0.431. The molecule has 0 amide bonds. The van der Waals surface area contributed by atoms with Gasteiger partial charge in [0.1, 0.15) is 0 Å². The molecule has 0 radical (unpaired) electrons. The van der Waals surface area contributed by atoms with Crippen molar-refractivity contribution in [2.75, 3.05) is 13.6 Å². The first kappa shape index (κ1) is 14.5. The van der Waals surface area contributed by atoms with E-state index in [4.69, 9.17) is 4.84 Å². The molecule has 1 aromatic carbocycles. The highest BCUT2D eigenvalue weighted by Gasteiger charge is 2.29. The van der Waals surface area contributed by atoms with Crippen LogP contribution in [-0.4, -0.2) is 30.3 Å². The zero-order valence-corrected chi connectivity index (χ0v) is 12.0. The molecule has 0 saturated carbocycles. The van der Waals surface area contributed by atoms with Gasteiger partial charge in [0.05, 0.1) is 30.3 Å². The SMILES string of the molecule is C[C@@H]1C[NH+](C)[C@@H](C)CC1=NOc1ccc([N+](=O)[O-])cc1. The zero-order valence-electron chi connectivity index (χ0n) is 12.0. The summed E-state index contributed by atoms with van der Waals surface area (Å²) in [7, 11) is 2.19. The predicted octanol–water partition coefficient (Wildman–Crippen LogP) is 1.27. The third kappa shape index (κ3) is 3.33. The number of nitrogens with one attached hydrogen (secondary N) is 1. The van der Waals surface area contributed by atoms with E-state index in [1.807, 2.05) is 0 Å². The number of piperidine rings is 1. The van der Waals surface area contributed by atoms with Gasteiger partial charge in [-0.15, -0.1) is 0 Å². The van der Waals surface area contributed by atoms with Crippen LogP contribution in [0, 0.1) is 16.0 Å². The third-order valence-electron chi connectivity index (χ3n) is 3.87. The maximum absolute atomic E-state index is 10.6. The van der Waals surface area contributed by atoms with Crippen molar-refractivity contribution in [2.24, 2.45) is 11.1 Å². The predicted molar refractivity (Wildman–Crippen MR) is 76.2 cm³/mol. The minimum absolute atomic E-state index is 0.0508. The van der Waals surface area contributed by atoms with E-state index >= 15 is 0 Å². The summed E-state index contributed by atoms with van der Waals surface area (Å²) in [4.78, 5) is 17.0. The van der Waals surface area contributed by atoms with Crippen LogP contribution >= 0.6 is 0 Å². The van der Waals surface area contributed by atoms with Gasteiger partial charge >= 0.3 is 0 Å². The van der Waals surface area contributed by atoms with Crippen molar-refractivity contribution in [3.8, 4) is 5.75 Å². The van der Waals surface area contributed by atoms with E-state index in [2.05, 4.69) is 26.1 Å². The largest absolute Gasteiger partial charge is 0.357 e. The summed E-state index contributed by atoms with van der Waals surface area (Å²) in [6.45, 7) is 5.39. The number of oxime groups is 1. The third-order valence-corrected chi connectivity index (χ3v) is 3.87. The molecule has 1 fully saturated rings. The number of quaternary nitrogens is 1. The molecule has 0 spiro atoms. The Morgan fingerprint density at radius 2 is 2.00 bits per heavy atom. The van der Waals surface area contributed by atoms with E-state index in [0.29, 0.717) is 17.7 Å². The van der Waals surface area contributed by atoms with Crippen LogP contribution in [0.25, 0.3) is 0 Å². The minimum Gasteiger partial charge on any atom is -0.357 e. The van der Waals surface area contributed by atoms with E-state index < -0.39 is 4.92 Å². The summed E-state index contributed by atoms with van der Waals surface area (Å²) in [5.41, 5.74) is 1.11. The van der Waals surface area contributed by atoms with Gasteiger partial charge in [0.25, 0.3) is 5.69 Å². The van der Waals surface area contributed by atoms with Gasteiger partial charge in [-0.3, -0.25) is 10.1 Å². The van der Waals surface area contributed by atoms with E-state index in [1.54, 1.807) is 12.1 Å². The highest BCUT2D eigenvalue weighted by Crippen LogP contribution is 2.18. The standard InChI is InChI=1S/C14H19N3O3/c1-10-9-16(3)11(2)8-14(10)15-20-13-6-4-12(5-7-13)17(18)19/h4-7,10-11H,8-9H2,1-3H3/p+1/t10-,11+/m1/s1. The fraction of sp³-hybridized carbons (Fsp3) is 0.500. The van der Waals surface area contributed by atoms with Crippen molar-refractivity contribution in [2.45, 2.75) is 26.3 Å². The lowest BCUT2D eigenvalue weighted by Gasteiger charge is -2.31. The second kappa shape index (κ2) is 6.00. The van der Waals surface area contributed by atoms with Crippen LogP contribution in [0.1, 0.15) is 20.3 Å². The second-order valence-electron chi connectivity index (χ2n) is 5.48. The lowest BCUT2D eigenvalue weighted by atomic mass is 9.93. The first-order valence-corrected chi connectivity index (χ1v) is 6.78. The van der Waals surface area contributed by atoms with E-state index in [0.717, 1.165) is 18.7 Å². The van der Waals surface area contributed by atoms with Crippen molar-refractivity contribution in [3.63, 3.8) is 0 Å².